The summed E-state index contributed by atoms with van der Waals surface area (Å²) in [6.45, 7) is 8.57. The third kappa shape index (κ3) is 3.28. The lowest BCUT2D eigenvalue weighted by Crippen LogP contribution is -2.46. The van der Waals surface area contributed by atoms with Gasteiger partial charge in [-0.3, -0.25) is 9.80 Å². The zero-order valence-corrected chi connectivity index (χ0v) is 13.6. The van der Waals surface area contributed by atoms with Crippen LogP contribution in [0.15, 0.2) is 8.94 Å². The average molecular weight is 318 g/mol. The third-order valence-electron chi connectivity index (χ3n) is 4.62. The summed E-state index contributed by atoms with van der Waals surface area (Å²) in [7, 11) is 0. The Kier molecular flexibility index (Phi) is 3.86. The van der Waals surface area contributed by atoms with Gasteiger partial charge >= 0.3 is 0 Å². The van der Waals surface area contributed by atoms with Crippen molar-refractivity contribution >= 4 is 0 Å². The van der Waals surface area contributed by atoms with Crippen LogP contribution < -0.4 is 0 Å². The van der Waals surface area contributed by atoms with Gasteiger partial charge in [-0.2, -0.15) is 4.98 Å². The van der Waals surface area contributed by atoms with Crippen LogP contribution in [-0.4, -0.2) is 56.3 Å². The van der Waals surface area contributed by atoms with Gasteiger partial charge in [-0.25, -0.2) is 0 Å². The minimum absolute atomic E-state index is 0.156. The normalized spacial score (nSPS) is 21.7. The van der Waals surface area contributed by atoms with E-state index in [0.717, 1.165) is 44.5 Å². The number of hydrogen-bond acceptors (Lipinski definition) is 8. The molecule has 1 saturated heterocycles. The van der Waals surface area contributed by atoms with Crippen LogP contribution in [0, 0.1) is 6.92 Å². The van der Waals surface area contributed by atoms with Crippen molar-refractivity contribution in [3.8, 4) is 0 Å². The fourth-order valence-electron chi connectivity index (χ4n) is 2.96. The molecule has 1 unspecified atom stereocenters. The van der Waals surface area contributed by atoms with E-state index in [-0.39, 0.29) is 6.04 Å². The number of nitrogens with zero attached hydrogens (tertiary/aromatic N) is 6. The molecule has 0 spiro atoms. The highest BCUT2D eigenvalue weighted by molar-refractivity contribution is 5.00. The summed E-state index contributed by atoms with van der Waals surface area (Å²) in [6, 6.07) is 0.156. The van der Waals surface area contributed by atoms with Crippen molar-refractivity contribution in [1.29, 1.82) is 0 Å². The number of piperazine rings is 1. The molecule has 0 bridgehead atoms. The Balaban J connectivity index is 1.29. The van der Waals surface area contributed by atoms with Crippen molar-refractivity contribution < 1.29 is 8.94 Å². The molecule has 23 heavy (non-hydrogen) atoms. The highest BCUT2D eigenvalue weighted by Gasteiger charge is 2.30. The zero-order valence-electron chi connectivity index (χ0n) is 13.6. The van der Waals surface area contributed by atoms with E-state index in [1.54, 1.807) is 0 Å². The summed E-state index contributed by atoms with van der Waals surface area (Å²) < 4.78 is 11.0. The van der Waals surface area contributed by atoms with E-state index in [1.165, 1.54) is 12.8 Å². The van der Waals surface area contributed by atoms with E-state index in [0.29, 0.717) is 17.6 Å². The molecule has 2 aromatic heterocycles. The van der Waals surface area contributed by atoms with Gasteiger partial charge < -0.3 is 8.94 Å². The summed E-state index contributed by atoms with van der Waals surface area (Å²) in [6.07, 6.45) is 2.38. The Labute approximate surface area is 134 Å². The Hall–Kier alpha value is -1.80. The smallest absolute Gasteiger partial charge is 0.243 e. The molecule has 3 heterocycles. The second-order valence-electron chi connectivity index (χ2n) is 6.48. The van der Waals surface area contributed by atoms with E-state index >= 15 is 0 Å². The summed E-state index contributed by atoms with van der Waals surface area (Å²) in [5, 5.41) is 12.2. The van der Waals surface area contributed by atoms with Gasteiger partial charge in [0.05, 0.1) is 12.6 Å². The molecule has 4 rings (SSSR count). The van der Waals surface area contributed by atoms with Crippen molar-refractivity contribution in [2.75, 3.05) is 26.2 Å². The minimum Gasteiger partial charge on any atom is -0.424 e. The largest absolute Gasteiger partial charge is 0.424 e. The molecule has 2 aromatic rings. The molecule has 2 fully saturated rings. The van der Waals surface area contributed by atoms with Gasteiger partial charge in [0, 0.05) is 32.1 Å². The minimum atomic E-state index is 0.156. The fraction of sp³-hybridized carbons (Fsp3) is 0.733. The molecular weight excluding hydrogens is 296 g/mol. The van der Waals surface area contributed by atoms with Crippen molar-refractivity contribution in [3.05, 3.63) is 23.5 Å². The van der Waals surface area contributed by atoms with Crippen LogP contribution in [0.25, 0.3) is 0 Å². The predicted octanol–water partition coefficient (Wildman–Crippen LogP) is 1.52. The molecule has 0 aromatic carbocycles. The van der Waals surface area contributed by atoms with Gasteiger partial charge in [0.1, 0.15) is 0 Å². The van der Waals surface area contributed by atoms with E-state index in [4.69, 9.17) is 8.94 Å². The Morgan fingerprint density at radius 1 is 1.17 bits per heavy atom. The second-order valence-corrected chi connectivity index (χ2v) is 6.48. The van der Waals surface area contributed by atoms with Crippen molar-refractivity contribution in [3.63, 3.8) is 0 Å². The van der Waals surface area contributed by atoms with Crippen LogP contribution in [0.5, 0.6) is 0 Å². The molecule has 0 N–H and O–H groups in total. The maximum Gasteiger partial charge on any atom is 0.243 e. The summed E-state index contributed by atoms with van der Waals surface area (Å²) in [5.74, 6) is 3.46. The summed E-state index contributed by atoms with van der Waals surface area (Å²) in [5.41, 5.74) is 0. The van der Waals surface area contributed by atoms with E-state index in [2.05, 4.69) is 37.1 Å². The van der Waals surface area contributed by atoms with E-state index in [1.807, 2.05) is 6.92 Å². The highest BCUT2D eigenvalue weighted by Crippen LogP contribution is 2.39. The van der Waals surface area contributed by atoms with Crippen LogP contribution >= 0.6 is 0 Å². The number of aromatic nitrogens is 4. The quantitative estimate of drug-likeness (QED) is 0.820. The first-order valence-electron chi connectivity index (χ1n) is 8.28. The van der Waals surface area contributed by atoms with E-state index < -0.39 is 0 Å². The monoisotopic (exact) mass is 318 g/mol. The topological polar surface area (TPSA) is 84.3 Å². The molecule has 8 heteroatoms. The lowest BCUT2D eigenvalue weighted by Gasteiger charge is -2.36. The predicted molar refractivity (Wildman–Crippen MR) is 80.6 cm³/mol. The molecule has 1 atom stereocenters. The molecular formula is C15H22N6O2. The Bertz CT molecular complexity index is 656. The molecule has 124 valence electrons. The SMILES string of the molecule is Cc1noc(C(C)N2CCN(Cc3nnc(C4CC4)o3)CC2)n1. The number of hydrogen-bond donors (Lipinski definition) is 0. The fourth-order valence-corrected chi connectivity index (χ4v) is 2.96. The molecule has 1 saturated carbocycles. The van der Waals surface area contributed by atoms with Crippen molar-refractivity contribution in [2.45, 2.75) is 45.2 Å². The van der Waals surface area contributed by atoms with Crippen LogP contribution in [0.2, 0.25) is 0 Å². The van der Waals surface area contributed by atoms with Crippen molar-refractivity contribution in [1.82, 2.24) is 30.1 Å². The van der Waals surface area contributed by atoms with Gasteiger partial charge in [0.15, 0.2) is 5.82 Å². The van der Waals surface area contributed by atoms with Gasteiger partial charge in [-0.15, -0.1) is 10.2 Å². The second kappa shape index (κ2) is 6.01. The van der Waals surface area contributed by atoms with Crippen LogP contribution in [-0.2, 0) is 6.54 Å². The van der Waals surface area contributed by atoms with Crippen LogP contribution in [0.3, 0.4) is 0 Å². The maximum atomic E-state index is 5.75. The lowest BCUT2D eigenvalue weighted by atomic mass is 10.2. The lowest BCUT2D eigenvalue weighted by molar-refractivity contribution is 0.0795. The molecule has 1 aliphatic carbocycles. The van der Waals surface area contributed by atoms with Gasteiger partial charge in [0.2, 0.25) is 17.7 Å². The molecule has 1 aliphatic heterocycles. The van der Waals surface area contributed by atoms with E-state index in [9.17, 15) is 0 Å². The third-order valence-corrected chi connectivity index (χ3v) is 4.62. The van der Waals surface area contributed by atoms with Gasteiger partial charge in [-0.1, -0.05) is 5.16 Å². The summed E-state index contributed by atoms with van der Waals surface area (Å²) >= 11 is 0. The van der Waals surface area contributed by atoms with Gasteiger partial charge in [0.25, 0.3) is 0 Å². The first-order chi connectivity index (χ1) is 11.2. The number of aryl methyl sites for hydroxylation is 1. The van der Waals surface area contributed by atoms with Crippen LogP contribution in [0.4, 0.5) is 0 Å². The van der Waals surface area contributed by atoms with Crippen molar-refractivity contribution in [2.24, 2.45) is 0 Å². The maximum absolute atomic E-state index is 5.75. The molecule has 0 radical (unpaired) electrons. The first kappa shape index (κ1) is 14.8. The Morgan fingerprint density at radius 2 is 1.96 bits per heavy atom. The van der Waals surface area contributed by atoms with Crippen LogP contribution in [0.1, 0.15) is 55.2 Å². The molecule has 8 nitrogen and oxygen atoms in total. The van der Waals surface area contributed by atoms with Gasteiger partial charge in [-0.05, 0) is 26.7 Å². The Morgan fingerprint density at radius 3 is 2.61 bits per heavy atom. The molecule has 0 amide bonds. The highest BCUT2D eigenvalue weighted by atomic mass is 16.5. The molecule has 2 aliphatic rings. The number of rotatable bonds is 5. The zero-order chi connectivity index (χ0) is 15.8. The first-order valence-corrected chi connectivity index (χ1v) is 8.28. The average Bonchev–Trinajstić information content (AvgIpc) is 3.16. The standard InChI is InChI=1S/C15H22N6O2/c1-10(14-16-11(2)19-23-14)21-7-5-20(6-8-21)9-13-17-18-15(22-13)12-3-4-12/h10,12H,3-9H2,1-2H3. The summed E-state index contributed by atoms with van der Waals surface area (Å²) in [4.78, 5) is 9.05.